The number of benzene rings is 3. The minimum Gasteiger partial charge on any atom is -0.497 e. The topological polar surface area (TPSA) is 41.6 Å². The van der Waals surface area contributed by atoms with E-state index in [4.69, 9.17) is 4.74 Å². The van der Waals surface area contributed by atoms with E-state index in [1.807, 2.05) is 36.4 Å². The Hall–Kier alpha value is -3.11. The summed E-state index contributed by atoms with van der Waals surface area (Å²) in [6.45, 7) is 1.37. The summed E-state index contributed by atoms with van der Waals surface area (Å²) >= 11 is 0. The second kappa shape index (κ2) is 11.0. The predicted octanol–water partition coefficient (Wildman–Crippen LogP) is 5.50. The van der Waals surface area contributed by atoms with Crippen LogP contribution in [0.2, 0.25) is 0 Å². The number of hydrogen-bond donors (Lipinski definition) is 1. The van der Waals surface area contributed by atoms with Crippen molar-refractivity contribution in [2.75, 3.05) is 7.11 Å². The number of hydrogen-bond acceptors (Lipinski definition) is 3. The number of amides is 1. The van der Waals surface area contributed by atoms with Gasteiger partial charge in [-0.15, -0.1) is 0 Å². The van der Waals surface area contributed by atoms with Crippen molar-refractivity contribution < 1.29 is 9.53 Å². The molecular weight excluding hydrogens is 396 g/mol. The Morgan fingerprint density at radius 3 is 1.91 bits per heavy atom. The van der Waals surface area contributed by atoms with Crippen LogP contribution >= 0.6 is 0 Å². The van der Waals surface area contributed by atoms with Gasteiger partial charge in [-0.3, -0.25) is 9.69 Å². The third-order valence-electron chi connectivity index (χ3n) is 6.20. The highest BCUT2D eigenvalue weighted by atomic mass is 16.5. The number of nitrogens with zero attached hydrogens (tertiary/aromatic N) is 1. The van der Waals surface area contributed by atoms with Crippen LogP contribution in [0.15, 0.2) is 84.9 Å². The van der Waals surface area contributed by atoms with Crippen LogP contribution in [0.1, 0.15) is 48.4 Å². The van der Waals surface area contributed by atoms with Crippen molar-refractivity contribution in [3.8, 4) is 5.75 Å². The number of carbonyl (C=O) groups excluding carboxylic acids is 1. The monoisotopic (exact) mass is 428 g/mol. The Morgan fingerprint density at radius 1 is 0.875 bits per heavy atom. The molecule has 4 nitrogen and oxygen atoms in total. The molecule has 3 aromatic rings. The molecule has 0 unspecified atom stereocenters. The summed E-state index contributed by atoms with van der Waals surface area (Å²) < 4.78 is 5.35. The Bertz CT molecular complexity index is 926. The molecule has 0 aromatic heterocycles. The molecule has 0 heterocycles. The van der Waals surface area contributed by atoms with Crippen molar-refractivity contribution in [3.63, 3.8) is 0 Å². The van der Waals surface area contributed by atoms with E-state index in [1.54, 1.807) is 7.11 Å². The molecule has 1 aliphatic rings. The molecule has 0 bridgehead atoms. The first-order chi connectivity index (χ1) is 15.7. The normalized spacial score (nSPS) is 14.9. The summed E-state index contributed by atoms with van der Waals surface area (Å²) in [4.78, 5) is 16.0. The number of nitrogens with one attached hydrogen (secondary N) is 1. The molecular formula is C28H32N2O2. The fourth-order valence-corrected chi connectivity index (χ4v) is 4.54. The van der Waals surface area contributed by atoms with Gasteiger partial charge in [-0.05, 0) is 41.7 Å². The van der Waals surface area contributed by atoms with Crippen LogP contribution in [-0.2, 0) is 17.9 Å². The predicted molar refractivity (Wildman–Crippen MR) is 128 cm³/mol. The van der Waals surface area contributed by atoms with Gasteiger partial charge in [0.2, 0.25) is 5.91 Å². The van der Waals surface area contributed by atoms with Crippen LogP contribution < -0.4 is 10.1 Å². The summed E-state index contributed by atoms with van der Waals surface area (Å²) in [6.07, 6.45) is 4.52. The first kappa shape index (κ1) is 22.1. The van der Waals surface area contributed by atoms with Crippen LogP contribution in [0.3, 0.4) is 0 Å². The van der Waals surface area contributed by atoms with E-state index < -0.39 is 0 Å². The van der Waals surface area contributed by atoms with Gasteiger partial charge in [0.15, 0.2) is 0 Å². The number of rotatable bonds is 9. The molecule has 1 N–H and O–H groups in total. The van der Waals surface area contributed by atoms with Crippen molar-refractivity contribution in [1.82, 2.24) is 10.2 Å². The molecule has 0 saturated heterocycles. The van der Waals surface area contributed by atoms with Crippen LogP contribution in [0.5, 0.6) is 5.75 Å². The zero-order valence-electron chi connectivity index (χ0n) is 18.7. The number of methoxy groups -OCH3 is 1. The Labute approximate surface area is 191 Å². The van der Waals surface area contributed by atoms with E-state index in [2.05, 4.69) is 58.7 Å². The largest absolute Gasteiger partial charge is 0.497 e. The molecule has 3 aromatic carbocycles. The molecule has 1 fully saturated rings. The summed E-state index contributed by atoms with van der Waals surface area (Å²) in [5, 5.41) is 3.35. The lowest BCUT2D eigenvalue weighted by Crippen LogP contribution is -2.43. The third-order valence-corrected chi connectivity index (χ3v) is 6.20. The fraction of sp³-hybridized carbons (Fsp3) is 0.321. The molecule has 1 amide bonds. The summed E-state index contributed by atoms with van der Waals surface area (Å²) in [6, 6.07) is 28.6. The van der Waals surface area contributed by atoms with Crippen molar-refractivity contribution in [2.24, 2.45) is 0 Å². The highest BCUT2D eigenvalue weighted by molar-refractivity contribution is 5.83. The van der Waals surface area contributed by atoms with Gasteiger partial charge < -0.3 is 10.1 Å². The van der Waals surface area contributed by atoms with E-state index in [0.717, 1.165) is 24.2 Å². The quantitative estimate of drug-likeness (QED) is 0.489. The van der Waals surface area contributed by atoms with Crippen LogP contribution in [0, 0.1) is 0 Å². The molecule has 0 aliphatic heterocycles. The van der Waals surface area contributed by atoms with Gasteiger partial charge in [0.1, 0.15) is 11.8 Å². The van der Waals surface area contributed by atoms with E-state index in [0.29, 0.717) is 13.1 Å². The Morgan fingerprint density at radius 2 is 1.41 bits per heavy atom. The average molecular weight is 429 g/mol. The highest BCUT2D eigenvalue weighted by Gasteiger charge is 2.30. The maximum absolute atomic E-state index is 13.7. The fourth-order valence-electron chi connectivity index (χ4n) is 4.54. The first-order valence-electron chi connectivity index (χ1n) is 11.5. The van der Waals surface area contributed by atoms with Gasteiger partial charge in [0.25, 0.3) is 0 Å². The van der Waals surface area contributed by atoms with Crippen molar-refractivity contribution in [1.29, 1.82) is 0 Å². The van der Waals surface area contributed by atoms with Gasteiger partial charge in [0.05, 0.1) is 7.11 Å². The molecule has 4 heteroatoms. The van der Waals surface area contributed by atoms with Crippen LogP contribution in [0.4, 0.5) is 0 Å². The van der Waals surface area contributed by atoms with E-state index in [1.165, 1.54) is 24.0 Å². The maximum Gasteiger partial charge on any atom is 0.242 e. The van der Waals surface area contributed by atoms with Crippen molar-refractivity contribution >= 4 is 5.91 Å². The average Bonchev–Trinajstić information content (AvgIpc) is 3.34. The van der Waals surface area contributed by atoms with Crippen LogP contribution in [0.25, 0.3) is 0 Å². The Kier molecular flexibility index (Phi) is 7.57. The second-order valence-corrected chi connectivity index (χ2v) is 8.54. The van der Waals surface area contributed by atoms with Crippen LogP contribution in [-0.4, -0.2) is 24.0 Å². The van der Waals surface area contributed by atoms with Crippen molar-refractivity contribution in [2.45, 2.75) is 50.9 Å². The molecule has 0 spiro atoms. The SMILES string of the molecule is COc1ccc([C@H](C(=O)NC2CCCC2)N(Cc2ccccc2)Cc2ccccc2)cc1. The first-order valence-corrected chi connectivity index (χ1v) is 11.5. The molecule has 1 atom stereocenters. The zero-order valence-corrected chi connectivity index (χ0v) is 18.7. The summed E-state index contributed by atoms with van der Waals surface area (Å²) in [5.41, 5.74) is 3.36. The lowest BCUT2D eigenvalue weighted by molar-refractivity contribution is -0.128. The smallest absolute Gasteiger partial charge is 0.242 e. The summed E-state index contributed by atoms with van der Waals surface area (Å²) in [7, 11) is 1.66. The lowest BCUT2D eigenvalue weighted by Gasteiger charge is -2.32. The molecule has 4 rings (SSSR count). The highest BCUT2D eigenvalue weighted by Crippen LogP contribution is 2.28. The minimum absolute atomic E-state index is 0.0777. The molecule has 0 radical (unpaired) electrons. The molecule has 1 aliphatic carbocycles. The van der Waals surface area contributed by atoms with Gasteiger partial charge >= 0.3 is 0 Å². The molecule has 166 valence electrons. The third kappa shape index (κ3) is 5.77. The summed E-state index contributed by atoms with van der Waals surface area (Å²) in [5.74, 6) is 0.871. The van der Waals surface area contributed by atoms with Gasteiger partial charge in [-0.25, -0.2) is 0 Å². The molecule has 1 saturated carbocycles. The molecule has 32 heavy (non-hydrogen) atoms. The number of carbonyl (C=O) groups is 1. The van der Waals surface area contributed by atoms with Gasteiger partial charge in [-0.2, -0.15) is 0 Å². The second-order valence-electron chi connectivity index (χ2n) is 8.54. The van der Waals surface area contributed by atoms with Gasteiger partial charge in [-0.1, -0.05) is 85.6 Å². The zero-order chi connectivity index (χ0) is 22.2. The minimum atomic E-state index is -0.387. The van der Waals surface area contributed by atoms with E-state index >= 15 is 0 Å². The maximum atomic E-state index is 13.7. The lowest BCUT2D eigenvalue weighted by atomic mass is 10.0. The Balaban J connectivity index is 1.68. The number of ether oxygens (including phenoxy) is 1. The van der Waals surface area contributed by atoms with Crippen molar-refractivity contribution in [3.05, 3.63) is 102 Å². The van der Waals surface area contributed by atoms with Gasteiger partial charge in [0, 0.05) is 19.1 Å². The van der Waals surface area contributed by atoms with E-state index in [-0.39, 0.29) is 18.0 Å². The standard InChI is InChI=1S/C28H32N2O2/c1-32-26-18-16-24(17-19-26)27(28(31)29-25-14-8-9-15-25)30(20-22-10-4-2-5-11-22)21-23-12-6-3-7-13-23/h2-7,10-13,16-19,25,27H,8-9,14-15,20-21H2,1H3,(H,29,31)/t27-/m1/s1. The van der Waals surface area contributed by atoms with E-state index in [9.17, 15) is 4.79 Å².